The molecule has 67 heavy (non-hydrogen) atoms. The van der Waals surface area contributed by atoms with Crippen LogP contribution in [0.3, 0.4) is 0 Å². The Bertz CT molecular complexity index is 2760. The van der Waals surface area contributed by atoms with Gasteiger partial charge in [-0.2, -0.15) is 0 Å². The van der Waals surface area contributed by atoms with Crippen LogP contribution in [0, 0.1) is 33.6 Å². The zero-order valence-corrected chi connectivity index (χ0v) is 41.1. The van der Waals surface area contributed by atoms with E-state index in [2.05, 4.69) is 44.8 Å². The molecular formula is C49H56ClN9O6S2. The second-order valence-corrected chi connectivity index (χ2v) is 20.2. The molecule has 0 spiro atoms. The number of halogens is 1. The van der Waals surface area contributed by atoms with E-state index in [1.165, 1.54) is 9.78 Å². The lowest BCUT2D eigenvalue weighted by atomic mass is 9.91. The summed E-state index contributed by atoms with van der Waals surface area (Å²) in [6, 6.07) is 15.5. The normalized spacial score (nSPS) is 17.7. The summed E-state index contributed by atoms with van der Waals surface area (Å²) in [6.07, 6.45) is 1.61. The van der Waals surface area contributed by atoms with Crippen molar-refractivity contribution in [3.63, 3.8) is 0 Å². The third kappa shape index (κ3) is 10.4. The number of β-amino-alcohol motifs (C(OH)–C–C–N with tert-alkyl or cyclic N) is 1. The molecule has 2 aliphatic rings. The number of aromatic nitrogens is 5. The molecule has 6 aromatic rings. The number of hydrogen-bond donors (Lipinski definition) is 3. The van der Waals surface area contributed by atoms with Crippen molar-refractivity contribution in [3.05, 3.63) is 115 Å². The van der Waals surface area contributed by atoms with E-state index in [1.807, 2.05) is 93.2 Å². The molecule has 3 amide bonds. The first-order chi connectivity index (χ1) is 32.2. The average Bonchev–Trinajstić information content (AvgIpc) is 4.14. The molecule has 4 aromatic heterocycles. The highest BCUT2D eigenvalue weighted by molar-refractivity contribution is 7.15. The lowest BCUT2D eigenvalue weighted by Crippen LogP contribution is -2.48. The van der Waals surface area contributed by atoms with Crippen LogP contribution in [0.15, 0.2) is 69.6 Å². The Labute approximate surface area is 403 Å². The maximum absolute atomic E-state index is 14.2. The number of amides is 3. The first kappa shape index (κ1) is 47.7. The zero-order valence-electron chi connectivity index (χ0n) is 38.7. The average molecular weight is 967 g/mol. The van der Waals surface area contributed by atoms with Gasteiger partial charge in [-0.3, -0.25) is 23.9 Å². The molecule has 0 aliphatic carbocycles. The van der Waals surface area contributed by atoms with Crippen molar-refractivity contribution in [3.8, 4) is 21.3 Å². The molecule has 352 valence electrons. The summed E-state index contributed by atoms with van der Waals surface area (Å²) in [6.45, 7) is 14.7. The Hall–Kier alpha value is -5.75. The molecule has 2 aromatic carbocycles. The van der Waals surface area contributed by atoms with Crippen LogP contribution in [0.1, 0.15) is 121 Å². The van der Waals surface area contributed by atoms with Gasteiger partial charge in [0.25, 0.3) is 5.88 Å². The summed E-state index contributed by atoms with van der Waals surface area (Å²) in [7, 11) is 0. The van der Waals surface area contributed by atoms with Crippen LogP contribution in [0.4, 0.5) is 0 Å². The maximum Gasteiger partial charge on any atom is 0.254 e. The minimum Gasteiger partial charge on any atom is -0.476 e. The van der Waals surface area contributed by atoms with Crippen LogP contribution in [0.2, 0.25) is 5.02 Å². The predicted octanol–water partition coefficient (Wildman–Crippen LogP) is 8.55. The standard InChI is InChI=1S/C49H56ClN9O6S2/c1-26(2)42(48(63)58-24-36(60)21-38(58)47(62)53-28(4)32-11-13-34(14-12-32)45-29(5)52-25-66-45)39-23-41(57-65-39)64-20-10-8-9-19-51-40(61)22-37-46-56-55-31(7)59(46)49-43(27(3)30(6)67-49)44(54-37)33-15-17-35(50)18-16-33/h11-18,23,25-26,28,36-38,42,60H,8-10,19-22,24H2,1-7H3,(H,51,61)(H,53,62). The summed E-state index contributed by atoms with van der Waals surface area (Å²) >= 11 is 9.50. The summed E-state index contributed by atoms with van der Waals surface area (Å²) in [4.78, 5) is 54.6. The Morgan fingerprint density at radius 3 is 2.45 bits per heavy atom. The number of carbonyl (C=O) groups is 3. The van der Waals surface area contributed by atoms with Crippen molar-refractivity contribution < 1.29 is 28.8 Å². The zero-order chi connectivity index (χ0) is 47.5. The SMILES string of the molecule is Cc1ncsc1-c1ccc(C(C)NC(=O)C2CC(O)CN2C(=O)C(c2cc(OCCCCCNC(=O)CC3N=C(c4ccc(Cl)cc4)c4c(sc(C)c4C)-n4c(C)nnc43)no2)C(C)C)cc1. The first-order valence-corrected chi connectivity index (χ1v) is 24.8. The highest BCUT2D eigenvalue weighted by Crippen LogP contribution is 2.40. The topological polar surface area (TPSA) is 190 Å². The van der Waals surface area contributed by atoms with Gasteiger partial charge >= 0.3 is 0 Å². The molecule has 2 aliphatic heterocycles. The molecule has 0 radical (unpaired) electrons. The van der Waals surface area contributed by atoms with Crippen molar-refractivity contribution in [1.29, 1.82) is 0 Å². The number of nitrogens with zero attached hydrogens (tertiary/aromatic N) is 7. The van der Waals surface area contributed by atoms with Gasteiger partial charge < -0.3 is 29.9 Å². The summed E-state index contributed by atoms with van der Waals surface area (Å²) in [5.41, 5.74) is 8.63. The van der Waals surface area contributed by atoms with Gasteiger partial charge in [0.15, 0.2) is 11.6 Å². The van der Waals surface area contributed by atoms with Gasteiger partial charge in [0.05, 0.1) is 47.0 Å². The van der Waals surface area contributed by atoms with Gasteiger partial charge in [0.1, 0.15) is 28.8 Å². The number of hydrogen-bond acceptors (Lipinski definition) is 13. The molecule has 1 fully saturated rings. The molecule has 1 saturated heterocycles. The molecule has 8 rings (SSSR count). The number of thiophene rings is 1. The van der Waals surface area contributed by atoms with Gasteiger partial charge in [-0.15, -0.1) is 32.9 Å². The lowest BCUT2D eigenvalue weighted by Gasteiger charge is -2.29. The number of ether oxygens (including phenoxy) is 1. The number of aryl methyl sites for hydroxylation is 3. The van der Waals surface area contributed by atoms with E-state index in [9.17, 15) is 19.5 Å². The molecule has 3 N–H and O–H groups in total. The molecule has 18 heteroatoms. The maximum atomic E-state index is 14.2. The van der Waals surface area contributed by atoms with Gasteiger partial charge in [0.2, 0.25) is 17.7 Å². The molecule has 6 heterocycles. The van der Waals surface area contributed by atoms with E-state index in [0.717, 1.165) is 67.8 Å². The fourth-order valence-electron chi connectivity index (χ4n) is 8.79. The number of aliphatic imine (C=N–C) groups is 1. The van der Waals surface area contributed by atoms with E-state index < -0.39 is 24.1 Å². The summed E-state index contributed by atoms with van der Waals surface area (Å²) in [5.74, 6) is 0.218. The van der Waals surface area contributed by atoms with Gasteiger partial charge in [0, 0.05) is 46.6 Å². The predicted molar refractivity (Wildman–Crippen MR) is 259 cm³/mol. The van der Waals surface area contributed by atoms with E-state index in [1.54, 1.807) is 28.7 Å². The minimum atomic E-state index is -0.846. The van der Waals surface area contributed by atoms with Crippen molar-refractivity contribution in [2.45, 2.75) is 111 Å². The lowest BCUT2D eigenvalue weighted by molar-refractivity contribution is -0.141. The van der Waals surface area contributed by atoms with E-state index in [4.69, 9.17) is 25.9 Å². The van der Waals surface area contributed by atoms with Gasteiger partial charge in [-0.1, -0.05) is 61.8 Å². The van der Waals surface area contributed by atoms with Crippen LogP contribution >= 0.6 is 34.3 Å². The Kier molecular flexibility index (Phi) is 14.7. The third-order valence-corrected chi connectivity index (χ3v) is 14.9. The Morgan fingerprint density at radius 2 is 1.73 bits per heavy atom. The number of rotatable bonds is 17. The molecule has 15 nitrogen and oxygen atoms in total. The fourth-order valence-corrected chi connectivity index (χ4v) is 10.9. The van der Waals surface area contributed by atoms with E-state index in [0.29, 0.717) is 36.2 Å². The molecule has 5 unspecified atom stereocenters. The van der Waals surface area contributed by atoms with Crippen LogP contribution < -0.4 is 15.4 Å². The number of fused-ring (bicyclic) bond motifs is 3. The van der Waals surface area contributed by atoms with Crippen molar-refractivity contribution in [1.82, 2.24) is 40.4 Å². The fraction of sp³-hybridized carbons (Fsp3) is 0.429. The highest BCUT2D eigenvalue weighted by atomic mass is 35.5. The number of thiazole rings is 1. The van der Waals surface area contributed by atoms with Crippen LogP contribution in [-0.2, 0) is 14.4 Å². The monoisotopic (exact) mass is 965 g/mol. The van der Waals surface area contributed by atoms with Crippen LogP contribution in [-0.4, -0.2) is 90.2 Å². The van der Waals surface area contributed by atoms with E-state index in [-0.39, 0.29) is 54.9 Å². The number of aliphatic hydroxyl groups excluding tert-OH is 1. The van der Waals surface area contributed by atoms with E-state index >= 15 is 0 Å². The Morgan fingerprint density at radius 1 is 0.985 bits per heavy atom. The molecule has 5 atom stereocenters. The number of nitrogens with one attached hydrogen (secondary N) is 2. The molecular weight excluding hydrogens is 910 g/mol. The summed E-state index contributed by atoms with van der Waals surface area (Å²) < 4.78 is 13.6. The smallest absolute Gasteiger partial charge is 0.254 e. The first-order valence-electron chi connectivity index (χ1n) is 22.7. The van der Waals surface area contributed by atoms with Gasteiger partial charge in [-0.05, 0) is 93.8 Å². The minimum absolute atomic E-state index is 0.0351. The number of aliphatic hydroxyl groups is 1. The number of benzene rings is 2. The second kappa shape index (κ2) is 20.6. The van der Waals surface area contributed by atoms with Gasteiger partial charge in [-0.25, -0.2) is 4.98 Å². The number of unbranched alkanes of at least 4 members (excludes halogenated alkanes) is 2. The quantitative estimate of drug-likeness (QED) is 0.0747. The number of carbonyl (C=O) groups excluding carboxylic acids is 3. The third-order valence-electron chi connectivity index (χ3n) is 12.5. The summed E-state index contributed by atoms with van der Waals surface area (Å²) in [5, 5.41) is 31.4. The second-order valence-electron chi connectivity index (χ2n) is 17.7. The van der Waals surface area contributed by atoms with Crippen LogP contribution in [0.25, 0.3) is 15.4 Å². The Balaban J connectivity index is 0.815. The van der Waals surface area contributed by atoms with Crippen molar-refractivity contribution in [2.75, 3.05) is 19.7 Å². The molecule has 0 bridgehead atoms. The number of likely N-dealkylation sites (tertiary alicyclic amines) is 1. The van der Waals surface area contributed by atoms with Crippen molar-refractivity contribution >= 4 is 57.7 Å². The highest BCUT2D eigenvalue weighted by Gasteiger charge is 2.43. The molecule has 0 saturated carbocycles. The van der Waals surface area contributed by atoms with Crippen LogP contribution in [0.5, 0.6) is 5.88 Å². The largest absolute Gasteiger partial charge is 0.476 e. The van der Waals surface area contributed by atoms with Crippen molar-refractivity contribution in [2.24, 2.45) is 10.9 Å².